The lowest BCUT2D eigenvalue weighted by Gasteiger charge is -2.15. The molecular formula is C11H19FINO4S2. The normalized spacial score (nSPS) is 16.3. The van der Waals surface area contributed by atoms with Gasteiger partial charge in [-0.15, -0.1) is 0 Å². The van der Waals surface area contributed by atoms with Crippen molar-refractivity contribution in [2.24, 2.45) is 0 Å². The average Bonchev–Trinajstić information content (AvgIpc) is 2.35. The number of ketones is 2. The van der Waals surface area contributed by atoms with Gasteiger partial charge in [0, 0.05) is 18.6 Å². The van der Waals surface area contributed by atoms with E-state index in [1.165, 1.54) is 58.2 Å². The molecule has 0 aromatic rings. The van der Waals surface area contributed by atoms with E-state index in [0.29, 0.717) is 18.1 Å². The van der Waals surface area contributed by atoms with Crippen molar-refractivity contribution >= 4 is 55.7 Å². The highest BCUT2D eigenvalue weighted by atomic mass is 127. The van der Waals surface area contributed by atoms with Crippen LogP contribution in [0, 0.1) is 0 Å². The number of carbonyl (C=O) groups excluding carboxylic acids is 2. The summed E-state index contributed by atoms with van der Waals surface area (Å²) in [5.74, 6) is 0.667. The molecule has 0 aromatic heterocycles. The highest BCUT2D eigenvalue weighted by Crippen LogP contribution is 2.22. The van der Waals surface area contributed by atoms with Crippen molar-refractivity contribution in [3.05, 3.63) is 0 Å². The fourth-order valence-corrected chi connectivity index (χ4v) is 3.53. The van der Waals surface area contributed by atoms with Gasteiger partial charge in [0.1, 0.15) is 19.0 Å². The Kier molecular flexibility index (Phi) is 12.3. The monoisotopic (exact) mass is 441 g/mol. The van der Waals surface area contributed by atoms with E-state index in [4.69, 9.17) is 6.11 Å². The Morgan fingerprint density at radius 3 is 2.70 bits per heavy atom. The molecule has 5 nitrogen and oxygen atoms in total. The summed E-state index contributed by atoms with van der Waals surface area (Å²) in [5.41, 5.74) is 0. The van der Waals surface area contributed by atoms with Gasteiger partial charge < -0.3 is 9.47 Å². The minimum absolute atomic E-state index is 0.0226. The molecule has 20 heavy (non-hydrogen) atoms. The summed E-state index contributed by atoms with van der Waals surface area (Å²) in [6.45, 7) is 1.83. The number of methoxy groups -OCH3 is 1. The first-order chi connectivity index (χ1) is 9.76. The molecule has 0 aliphatic carbocycles. The van der Waals surface area contributed by atoms with Gasteiger partial charge in [-0.05, 0) is 29.5 Å². The molecule has 0 bridgehead atoms. The van der Waals surface area contributed by atoms with E-state index in [-0.39, 0.29) is 24.8 Å². The van der Waals surface area contributed by atoms with Gasteiger partial charge in [0.05, 0.1) is 14.0 Å². The van der Waals surface area contributed by atoms with E-state index in [0.717, 1.165) is 0 Å². The second-order valence-electron chi connectivity index (χ2n) is 3.70. The quantitative estimate of drug-likeness (QED) is 0.154. The Hall–Kier alpha value is 0.580. The van der Waals surface area contributed by atoms with Crippen LogP contribution >= 0.6 is 44.2 Å². The first kappa shape index (κ1) is 18.6. The molecule has 0 spiro atoms. The largest absolute Gasteiger partial charge is 0.377 e. The SMILES string of the molecule is [3H]C(F)(I)NC(CSSCCOCC(=O)COC)C(C)=O. The van der Waals surface area contributed by atoms with Crippen LogP contribution in [0.5, 0.6) is 0 Å². The van der Waals surface area contributed by atoms with Gasteiger partial charge in [-0.1, -0.05) is 21.6 Å². The smallest absolute Gasteiger partial charge is 0.203 e. The first-order valence-electron chi connectivity index (χ1n) is 6.25. The third-order valence-corrected chi connectivity index (χ3v) is 4.66. The summed E-state index contributed by atoms with van der Waals surface area (Å²) < 4.78 is 27.7. The van der Waals surface area contributed by atoms with E-state index in [2.05, 4.69) is 10.1 Å². The van der Waals surface area contributed by atoms with Crippen LogP contribution < -0.4 is 5.32 Å². The predicted molar refractivity (Wildman–Crippen MR) is 89.1 cm³/mol. The van der Waals surface area contributed by atoms with Gasteiger partial charge in [-0.2, -0.15) is 0 Å². The number of alkyl halides is 2. The summed E-state index contributed by atoms with van der Waals surface area (Å²) in [6, 6.07) is -0.703. The number of ether oxygens (including phenoxy) is 2. The zero-order chi connectivity index (χ0) is 16.3. The Morgan fingerprint density at radius 2 is 2.15 bits per heavy atom. The van der Waals surface area contributed by atoms with Crippen molar-refractivity contribution in [2.45, 2.75) is 17.2 Å². The molecule has 1 N–H and O–H groups in total. The van der Waals surface area contributed by atoms with E-state index in [1.807, 2.05) is 0 Å². The molecular weight excluding hydrogens is 420 g/mol. The molecule has 0 aromatic carbocycles. The van der Waals surface area contributed by atoms with Crippen molar-refractivity contribution in [3.8, 4) is 0 Å². The van der Waals surface area contributed by atoms with Crippen LogP contribution in [0.1, 0.15) is 8.29 Å². The van der Waals surface area contributed by atoms with E-state index < -0.39 is 10.3 Å². The maximum Gasteiger partial charge on any atom is 0.203 e. The third kappa shape index (κ3) is 12.3. The number of nitrogens with one attached hydrogen (secondary N) is 1. The van der Waals surface area contributed by atoms with Gasteiger partial charge in [0.2, 0.25) is 4.28 Å². The number of Topliss-reactive ketones (excluding diaryl/α,β-unsaturated/α-hetero) is 2. The van der Waals surface area contributed by atoms with Gasteiger partial charge >= 0.3 is 0 Å². The molecule has 118 valence electrons. The molecule has 0 aliphatic heterocycles. The molecule has 0 saturated carbocycles. The topological polar surface area (TPSA) is 64.6 Å². The highest BCUT2D eigenvalue weighted by Gasteiger charge is 2.16. The van der Waals surface area contributed by atoms with E-state index in [9.17, 15) is 14.0 Å². The standard InChI is InChI=1S/C11H19FINO4S2/c1-8(15)10(14-11(12)13)7-20-19-4-3-18-6-9(16)5-17-2/h10-11,14H,3-7H2,1-2H3/i11T. The minimum atomic E-state index is -2.36. The Bertz CT molecular complexity index is 334. The molecule has 0 aliphatic rings. The van der Waals surface area contributed by atoms with Crippen molar-refractivity contribution in [1.82, 2.24) is 5.32 Å². The van der Waals surface area contributed by atoms with Crippen molar-refractivity contribution < 1.29 is 24.8 Å². The zero-order valence-electron chi connectivity index (χ0n) is 12.3. The van der Waals surface area contributed by atoms with Crippen LogP contribution in [0.15, 0.2) is 0 Å². The Labute approximate surface area is 141 Å². The van der Waals surface area contributed by atoms with Crippen molar-refractivity contribution in [2.75, 3.05) is 38.4 Å². The van der Waals surface area contributed by atoms with Gasteiger partial charge in [0.15, 0.2) is 5.78 Å². The molecule has 0 rings (SSSR count). The Balaban J connectivity index is 3.68. The third-order valence-electron chi connectivity index (χ3n) is 1.97. The lowest BCUT2D eigenvalue weighted by molar-refractivity contribution is -0.127. The van der Waals surface area contributed by atoms with Crippen LogP contribution in [0.3, 0.4) is 0 Å². The minimum Gasteiger partial charge on any atom is -0.377 e. The van der Waals surface area contributed by atoms with Crippen molar-refractivity contribution in [3.63, 3.8) is 0 Å². The summed E-state index contributed by atoms with van der Waals surface area (Å²) in [5, 5.41) is 2.30. The lowest BCUT2D eigenvalue weighted by atomic mass is 10.2. The fourth-order valence-electron chi connectivity index (χ4n) is 1.05. The number of halogens is 2. The summed E-state index contributed by atoms with van der Waals surface area (Å²) in [7, 11) is 4.30. The molecule has 0 heterocycles. The summed E-state index contributed by atoms with van der Waals surface area (Å²) >= 11 is 1.28. The van der Waals surface area contributed by atoms with E-state index >= 15 is 0 Å². The van der Waals surface area contributed by atoms with Crippen LogP contribution in [0.2, 0.25) is 0 Å². The van der Waals surface area contributed by atoms with Gasteiger partial charge in [0.25, 0.3) is 0 Å². The van der Waals surface area contributed by atoms with Gasteiger partial charge in [-0.3, -0.25) is 14.9 Å². The number of hydrogen-bond donors (Lipinski definition) is 1. The van der Waals surface area contributed by atoms with Crippen LogP contribution in [0.25, 0.3) is 0 Å². The maximum absolute atomic E-state index is 13.1. The highest BCUT2D eigenvalue weighted by molar-refractivity contribution is 14.1. The van der Waals surface area contributed by atoms with Crippen LogP contribution in [-0.4, -0.2) is 60.3 Å². The fraction of sp³-hybridized carbons (Fsp3) is 0.818. The Morgan fingerprint density at radius 1 is 1.45 bits per heavy atom. The zero-order valence-corrected chi connectivity index (χ0v) is 15.1. The number of hydrogen-bond acceptors (Lipinski definition) is 7. The molecule has 2 atom stereocenters. The molecule has 0 fully saturated rings. The first-order valence-corrected chi connectivity index (χ1v) is 9.31. The van der Waals surface area contributed by atoms with Crippen LogP contribution in [0.4, 0.5) is 4.39 Å². The predicted octanol–water partition coefficient (Wildman–Crippen LogP) is 1.84. The molecule has 2 unspecified atom stereocenters. The summed E-state index contributed by atoms with van der Waals surface area (Å²) in [4.78, 5) is 22.4. The molecule has 0 saturated heterocycles. The summed E-state index contributed by atoms with van der Waals surface area (Å²) in [6.07, 6.45) is 0. The van der Waals surface area contributed by atoms with Crippen molar-refractivity contribution in [1.29, 1.82) is 0 Å². The number of carbonyl (C=O) groups is 2. The van der Waals surface area contributed by atoms with Crippen LogP contribution in [-0.2, 0) is 19.1 Å². The van der Waals surface area contributed by atoms with Gasteiger partial charge in [-0.25, -0.2) is 4.39 Å². The second kappa shape index (κ2) is 13.3. The maximum atomic E-state index is 13.1. The second-order valence-corrected chi connectivity index (χ2v) is 7.27. The van der Waals surface area contributed by atoms with E-state index in [1.54, 1.807) is 0 Å². The lowest BCUT2D eigenvalue weighted by Crippen LogP contribution is -2.39. The number of rotatable bonds is 13. The average molecular weight is 441 g/mol. The molecule has 0 radical (unpaired) electrons. The molecule has 0 amide bonds. The molecule has 9 heteroatoms.